The van der Waals surface area contributed by atoms with Gasteiger partial charge in [-0.3, -0.25) is 4.79 Å². The Balaban J connectivity index is 1.86. The van der Waals surface area contributed by atoms with Crippen molar-refractivity contribution in [2.45, 2.75) is 37.7 Å². The average molecular weight is 329 g/mol. The number of anilines is 1. The van der Waals surface area contributed by atoms with Gasteiger partial charge in [-0.2, -0.15) is 0 Å². The summed E-state index contributed by atoms with van der Waals surface area (Å²) in [6.45, 7) is 4.55. The van der Waals surface area contributed by atoms with Gasteiger partial charge in [-0.05, 0) is 43.2 Å². The van der Waals surface area contributed by atoms with Gasteiger partial charge < -0.3 is 10.1 Å². The van der Waals surface area contributed by atoms with Crippen LogP contribution in [0.4, 0.5) is 5.69 Å². The number of hydrogen-bond donors (Lipinski definition) is 2. The highest BCUT2D eigenvalue weighted by molar-refractivity contribution is 7.80. The molecule has 2 aromatic carbocycles. The Labute approximate surface area is 143 Å². The number of ketones is 1. The van der Waals surface area contributed by atoms with Gasteiger partial charge in [0, 0.05) is 23.5 Å². The predicted octanol–water partition coefficient (Wildman–Crippen LogP) is 4.51. The van der Waals surface area contributed by atoms with Crippen LogP contribution in [-0.4, -0.2) is 18.4 Å². The van der Waals surface area contributed by atoms with Crippen LogP contribution < -0.4 is 10.1 Å². The molecule has 2 rings (SSSR count). The Morgan fingerprint density at radius 1 is 1.22 bits per heavy atom. The normalized spacial score (nSPS) is 11.8. The van der Waals surface area contributed by atoms with Gasteiger partial charge in [0.1, 0.15) is 5.75 Å². The number of nitrogens with one attached hydrogen (secondary N) is 1. The summed E-state index contributed by atoms with van der Waals surface area (Å²) in [5.41, 5.74) is 2.06. The topological polar surface area (TPSA) is 38.3 Å². The molecule has 0 aromatic heterocycles. The van der Waals surface area contributed by atoms with Gasteiger partial charge in [-0.25, -0.2) is 0 Å². The predicted molar refractivity (Wildman–Crippen MR) is 97.7 cm³/mol. The molecule has 2 aromatic rings. The highest BCUT2D eigenvalue weighted by Crippen LogP contribution is 2.19. The van der Waals surface area contributed by atoms with E-state index in [-0.39, 0.29) is 5.78 Å². The second-order valence-corrected chi connectivity index (χ2v) is 5.97. The zero-order valence-electron chi connectivity index (χ0n) is 13.6. The van der Waals surface area contributed by atoms with E-state index in [1.807, 2.05) is 62.4 Å². The molecular weight excluding hydrogens is 306 g/mol. The summed E-state index contributed by atoms with van der Waals surface area (Å²) in [7, 11) is 0. The molecule has 1 atom stereocenters. The number of Topliss-reactive ketones (excluding diaryl/α,β-unsaturated/α-hetero) is 1. The van der Waals surface area contributed by atoms with Gasteiger partial charge >= 0.3 is 0 Å². The van der Waals surface area contributed by atoms with Gasteiger partial charge in [-0.15, -0.1) is 12.6 Å². The highest BCUT2D eigenvalue weighted by atomic mass is 32.1. The highest BCUT2D eigenvalue weighted by Gasteiger charge is 2.18. The maximum absolute atomic E-state index is 12.4. The van der Waals surface area contributed by atoms with Crippen LogP contribution >= 0.6 is 12.6 Å². The third kappa shape index (κ3) is 5.32. The van der Waals surface area contributed by atoms with Crippen LogP contribution in [0.25, 0.3) is 0 Å². The van der Waals surface area contributed by atoms with Gasteiger partial charge in [0.15, 0.2) is 11.9 Å². The van der Waals surface area contributed by atoms with E-state index < -0.39 is 6.10 Å². The Kier molecular flexibility index (Phi) is 6.53. The van der Waals surface area contributed by atoms with Crippen LogP contribution in [0.1, 0.15) is 25.3 Å². The van der Waals surface area contributed by atoms with Crippen LogP contribution in [0.5, 0.6) is 5.75 Å². The summed E-state index contributed by atoms with van der Waals surface area (Å²) in [4.78, 5) is 13.2. The maximum Gasteiger partial charge on any atom is 0.175 e. The largest absolute Gasteiger partial charge is 0.483 e. The van der Waals surface area contributed by atoms with E-state index in [9.17, 15) is 4.79 Å². The number of benzene rings is 2. The molecule has 0 heterocycles. The van der Waals surface area contributed by atoms with Crippen LogP contribution in [0.15, 0.2) is 53.4 Å². The molecule has 0 aliphatic heterocycles. The molecule has 0 aliphatic carbocycles. The molecule has 1 N–H and O–H groups in total. The second kappa shape index (κ2) is 8.63. The third-order valence-corrected chi connectivity index (χ3v) is 3.98. The Morgan fingerprint density at radius 2 is 2.00 bits per heavy atom. The molecule has 0 amide bonds. The molecular formula is C19H23NO2S. The van der Waals surface area contributed by atoms with E-state index >= 15 is 0 Å². The summed E-state index contributed by atoms with van der Waals surface area (Å²) in [5, 5.41) is 3.24. The van der Waals surface area contributed by atoms with Crippen LogP contribution in [0.2, 0.25) is 0 Å². The number of carbonyl (C=O) groups is 1. The minimum absolute atomic E-state index is 0.109. The monoisotopic (exact) mass is 329 g/mol. The quantitative estimate of drug-likeness (QED) is 0.700. The lowest BCUT2D eigenvalue weighted by Crippen LogP contribution is -2.28. The third-order valence-electron chi connectivity index (χ3n) is 3.59. The minimum atomic E-state index is -0.398. The first kappa shape index (κ1) is 17.4. The van der Waals surface area contributed by atoms with Crippen LogP contribution in [-0.2, 0) is 4.79 Å². The van der Waals surface area contributed by atoms with E-state index in [4.69, 9.17) is 4.74 Å². The lowest BCUT2D eigenvalue weighted by Gasteiger charge is -2.17. The Hall–Kier alpha value is -1.94. The number of thiol groups is 1. The van der Waals surface area contributed by atoms with Crippen LogP contribution in [0, 0.1) is 6.92 Å². The van der Waals surface area contributed by atoms with Crippen molar-refractivity contribution >= 4 is 24.1 Å². The fourth-order valence-electron chi connectivity index (χ4n) is 2.33. The fourth-order valence-corrected chi connectivity index (χ4v) is 2.57. The zero-order valence-corrected chi connectivity index (χ0v) is 14.5. The SMILES string of the molecule is CCC(Oc1cccc(C)c1)C(=O)CCNc1ccccc1S. The lowest BCUT2D eigenvalue weighted by molar-refractivity contribution is -0.125. The summed E-state index contributed by atoms with van der Waals surface area (Å²) < 4.78 is 5.84. The first-order valence-corrected chi connectivity index (χ1v) is 8.32. The first-order chi connectivity index (χ1) is 11.1. The molecule has 0 aliphatic rings. The number of para-hydroxylation sites is 1. The molecule has 0 saturated heterocycles. The van der Waals surface area contributed by atoms with Crippen molar-refractivity contribution in [2.24, 2.45) is 0 Å². The molecule has 122 valence electrons. The summed E-state index contributed by atoms with van der Waals surface area (Å²) in [6, 6.07) is 15.5. The fraction of sp³-hybridized carbons (Fsp3) is 0.316. The van der Waals surface area contributed by atoms with E-state index in [0.29, 0.717) is 19.4 Å². The second-order valence-electron chi connectivity index (χ2n) is 5.49. The molecule has 3 nitrogen and oxygen atoms in total. The molecule has 0 radical (unpaired) electrons. The molecule has 23 heavy (non-hydrogen) atoms. The van der Waals surface area contributed by atoms with E-state index in [1.165, 1.54) is 0 Å². The number of hydrogen-bond acceptors (Lipinski definition) is 4. The molecule has 0 saturated carbocycles. The molecule has 0 spiro atoms. The Morgan fingerprint density at radius 3 is 2.70 bits per heavy atom. The van der Waals surface area contributed by atoms with Crippen molar-refractivity contribution in [3.63, 3.8) is 0 Å². The smallest absolute Gasteiger partial charge is 0.175 e. The first-order valence-electron chi connectivity index (χ1n) is 7.88. The van der Waals surface area contributed by atoms with Crippen molar-refractivity contribution in [1.29, 1.82) is 0 Å². The van der Waals surface area contributed by atoms with Crippen molar-refractivity contribution in [1.82, 2.24) is 0 Å². The van der Waals surface area contributed by atoms with Crippen LogP contribution in [0.3, 0.4) is 0 Å². The van der Waals surface area contributed by atoms with E-state index in [0.717, 1.165) is 21.9 Å². The van der Waals surface area contributed by atoms with Gasteiger partial charge in [0.25, 0.3) is 0 Å². The van der Waals surface area contributed by atoms with Crippen molar-refractivity contribution in [2.75, 3.05) is 11.9 Å². The van der Waals surface area contributed by atoms with Crippen molar-refractivity contribution in [3.05, 3.63) is 54.1 Å². The number of rotatable bonds is 8. The molecule has 1 unspecified atom stereocenters. The summed E-state index contributed by atoms with van der Waals surface area (Å²) in [6.07, 6.45) is 0.687. The van der Waals surface area contributed by atoms with Gasteiger partial charge in [0.05, 0.1) is 0 Å². The van der Waals surface area contributed by atoms with Gasteiger partial charge in [0.2, 0.25) is 0 Å². The summed E-state index contributed by atoms with van der Waals surface area (Å²) >= 11 is 4.39. The lowest BCUT2D eigenvalue weighted by atomic mass is 10.1. The molecule has 0 fully saturated rings. The number of ether oxygens (including phenoxy) is 1. The molecule has 0 bridgehead atoms. The minimum Gasteiger partial charge on any atom is -0.483 e. The zero-order chi connectivity index (χ0) is 16.7. The van der Waals surface area contributed by atoms with E-state index in [1.54, 1.807) is 0 Å². The average Bonchev–Trinajstić information content (AvgIpc) is 2.54. The van der Waals surface area contributed by atoms with Crippen molar-refractivity contribution in [3.8, 4) is 5.75 Å². The maximum atomic E-state index is 12.4. The standard InChI is InChI=1S/C19H23NO2S/c1-3-18(22-15-8-6-7-14(2)13-15)17(21)11-12-20-16-9-4-5-10-19(16)23/h4-10,13,18,20,23H,3,11-12H2,1-2H3. The number of carbonyl (C=O) groups excluding carboxylic acids is 1. The summed E-state index contributed by atoms with van der Waals surface area (Å²) in [5.74, 6) is 0.858. The molecule has 4 heteroatoms. The Bertz CT molecular complexity index is 657. The van der Waals surface area contributed by atoms with Crippen molar-refractivity contribution < 1.29 is 9.53 Å². The number of aryl methyl sites for hydroxylation is 1. The van der Waals surface area contributed by atoms with E-state index in [2.05, 4.69) is 17.9 Å². The van der Waals surface area contributed by atoms with Gasteiger partial charge in [-0.1, -0.05) is 31.2 Å².